The van der Waals surface area contributed by atoms with Gasteiger partial charge in [-0.05, 0) is 25.0 Å². The molecule has 1 aromatic rings. The second-order valence-corrected chi connectivity index (χ2v) is 4.05. The molecule has 0 aliphatic heterocycles. The molecule has 0 amide bonds. The maximum absolute atomic E-state index is 10.3. The van der Waals surface area contributed by atoms with Gasteiger partial charge in [0.25, 0.3) is 0 Å². The molecule has 0 saturated heterocycles. The number of benzene rings is 1. The molecule has 14 heavy (non-hydrogen) atoms. The van der Waals surface area contributed by atoms with E-state index in [1.165, 1.54) is 0 Å². The smallest absolute Gasteiger partial charge is 0.0823 e. The Balaban J connectivity index is 2.74. The summed E-state index contributed by atoms with van der Waals surface area (Å²) in [5, 5.41) is 19.9. The highest BCUT2D eigenvalue weighted by molar-refractivity contribution is 9.10. The molecule has 0 spiro atoms. The minimum absolute atomic E-state index is 0.159. The fraction of sp³-hybridized carbons (Fsp3) is 0.400. The Hall–Kier alpha value is -0.580. The molecule has 77 valence electrons. The number of hydrogen-bond donors (Lipinski definition) is 2. The molecule has 0 bridgehead atoms. The van der Waals surface area contributed by atoms with Crippen molar-refractivity contribution in [3.63, 3.8) is 0 Å². The Labute approximate surface area is 91.7 Å². The van der Waals surface area contributed by atoms with Crippen molar-refractivity contribution in [3.8, 4) is 0 Å². The molecule has 3 nitrogen and oxygen atoms in total. The molecular formula is C10H13BrNO2. The van der Waals surface area contributed by atoms with Crippen LogP contribution >= 0.6 is 15.9 Å². The zero-order valence-electron chi connectivity index (χ0n) is 7.74. The van der Waals surface area contributed by atoms with Gasteiger partial charge in [0.1, 0.15) is 0 Å². The molecule has 0 heterocycles. The van der Waals surface area contributed by atoms with E-state index in [1.54, 1.807) is 12.1 Å². The Morgan fingerprint density at radius 1 is 1.50 bits per heavy atom. The molecular weight excluding hydrogens is 246 g/mol. The molecule has 1 rings (SSSR count). The third-order valence-corrected chi connectivity index (χ3v) is 2.52. The summed E-state index contributed by atoms with van der Waals surface area (Å²) in [5.41, 5.74) is 6.98. The molecule has 0 aliphatic carbocycles. The van der Waals surface area contributed by atoms with Gasteiger partial charge < -0.3 is 10.8 Å². The van der Waals surface area contributed by atoms with Crippen LogP contribution in [0.4, 0.5) is 5.69 Å². The van der Waals surface area contributed by atoms with Gasteiger partial charge in [0.2, 0.25) is 0 Å². The maximum atomic E-state index is 10.3. The monoisotopic (exact) mass is 258 g/mol. The number of nitrogen functional groups attached to an aromatic ring is 1. The maximum Gasteiger partial charge on any atom is 0.0823 e. The average Bonchev–Trinajstić information content (AvgIpc) is 2.14. The molecule has 0 fully saturated rings. The van der Waals surface area contributed by atoms with E-state index in [9.17, 15) is 10.2 Å². The van der Waals surface area contributed by atoms with Crippen LogP contribution in [0.25, 0.3) is 0 Å². The minimum Gasteiger partial charge on any atom is -0.398 e. The van der Waals surface area contributed by atoms with E-state index >= 15 is 0 Å². The fourth-order valence-corrected chi connectivity index (χ4v) is 1.66. The van der Waals surface area contributed by atoms with Crippen LogP contribution in [0, 0.1) is 0 Å². The standard InChI is InChI=1S/C10H13BrNO2/c11-7-3-4-8(9(12)6-7)10(14)2-1-5-13/h3-4,6,10,14H,1-2,5,12H2. The zero-order chi connectivity index (χ0) is 10.6. The van der Waals surface area contributed by atoms with Gasteiger partial charge in [-0.25, -0.2) is 5.11 Å². The summed E-state index contributed by atoms with van der Waals surface area (Å²) >= 11 is 3.29. The zero-order valence-corrected chi connectivity index (χ0v) is 9.33. The SMILES string of the molecule is Nc1cc(Br)ccc1C(O)CCC[O]. The molecule has 4 heteroatoms. The Kier molecular flexibility index (Phi) is 4.38. The molecule has 1 radical (unpaired) electrons. The van der Waals surface area contributed by atoms with Gasteiger partial charge in [-0.3, -0.25) is 0 Å². The van der Waals surface area contributed by atoms with Crippen molar-refractivity contribution in [1.29, 1.82) is 0 Å². The number of anilines is 1. The lowest BCUT2D eigenvalue weighted by atomic mass is 10.0. The Morgan fingerprint density at radius 2 is 2.21 bits per heavy atom. The highest BCUT2D eigenvalue weighted by Gasteiger charge is 2.10. The number of hydrogen-bond acceptors (Lipinski definition) is 2. The average molecular weight is 259 g/mol. The van der Waals surface area contributed by atoms with E-state index in [0.717, 1.165) is 4.47 Å². The number of rotatable bonds is 4. The molecule has 1 unspecified atom stereocenters. The lowest BCUT2D eigenvalue weighted by molar-refractivity contribution is 0.132. The van der Waals surface area contributed by atoms with E-state index in [1.807, 2.05) is 6.07 Å². The fourth-order valence-electron chi connectivity index (χ4n) is 1.28. The van der Waals surface area contributed by atoms with Crippen molar-refractivity contribution < 1.29 is 10.2 Å². The van der Waals surface area contributed by atoms with Crippen LogP contribution in [0.15, 0.2) is 22.7 Å². The molecule has 0 aliphatic rings. The highest BCUT2D eigenvalue weighted by atomic mass is 79.9. The van der Waals surface area contributed by atoms with Gasteiger partial charge in [0.15, 0.2) is 0 Å². The van der Waals surface area contributed by atoms with Gasteiger partial charge in [0.05, 0.1) is 12.7 Å². The quantitative estimate of drug-likeness (QED) is 0.814. The third kappa shape index (κ3) is 2.97. The Morgan fingerprint density at radius 3 is 2.79 bits per heavy atom. The van der Waals surface area contributed by atoms with Gasteiger partial charge in [-0.1, -0.05) is 22.0 Å². The normalized spacial score (nSPS) is 12.8. The summed E-state index contributed by atoms with van der Waals surface area (Å²) < 4.78 is 0.884. The lowest BCUT2D eigenvalue weighted by Crippen LogP contribution is -2.02. The van der Waals surface area contributed by atoms with Crippen LogP contribution in [0.5, 0.6) is 0 Å². The molecule has 0 saturated carbocycles. The highest BCUT2D eigenvalue weighted by Crippen LogP contribution is 2.26. The van der Waals surface area contributed by atoms with Crippen LogP contribution < -0.4 is 5.73 Å². The number of nitrogens with two attached hydrogens (primary N) is 1. The Bertz CT molecular complexity index is 304. The van der Waals surface area contributed by atoms with E-state index in [-0.39, 0.29) is 6.61 Å². The van der Waals surface area contributed by atoms with E-state index < -0.39 is 6.10 Å². The van der Waals surface area contributed by atoms with Crippen molar-refractivity contribution in [3.05, 3.63) is 28.2 Å². The van der Waals surface area contributed by atoms with Crippen LogP contribution in [0.1, 0.15) is 24.5 Å². The van der Waals surface area contributed by atoms with Gasteiger partial charge in [0, 0.05) is 15.7 Å². The summed E-state index contributed by atoms with van der Waals surface area (Å²) in [6.45, 7) is -0.159. The predicted octanol–water partition coefficient (Wildman–Crippen LogP) is 2.28. The van der Waals surface area contributed by atoms with Crippen molar-refractivity contribution in [1.82, 2.24) is 0 Å². The number of aliphatic hydroxyl groups excluding tert-OH is 1. The van der Waals surface area contributed by atoms with Crippen molar-refractivity contribution in [2.24, 2.45) is 0 Å². The first-order valence-corrected chi connectivity index (χ1v) is 5.25. The molecule has 3 N–H and O–H groups in total. The molecule has 0 aromatic heterocycles. The first kappa shape index (κ1) is 11.5. The van der Waals surface area contributed by atoms with Crippen LogP contribution in [0.3, 0.4) is 0 Å². The van der Waals surface area contributed by atoms with E-state index in [4.69, 9.17) is 5.73 Å². The van der Waals surface area contributed by atoms with Crippen LogP contribution in [-0.4, -0.2) is 11.7 Å². The number of halogens is 1. The van der Waals surface area contributed by atoms with Gasteiger partial charge >= 0.3 is 0 Å². The summed E-state index contributed by atoms with van der Waals surface area (Å²) in [6, 6.07) is 5.34. The first-order valence-electron chi connectivity index (χ1n) is 4.46. The van der Waals surface area contributed by atoms with Crippen molar-refractivity contribution in [2.45, 2.75) is 18.9 Å². The first-order chi connectivity index (χ1) is 6.65. The second kappa shape index (κ2) is 5.34. The van der Waals surface area contributed by atoms with E-state index in [2.05, 4.69) is 15.9 Å². The van der Waals surface area contributed by atoms with Gasteiger partial charge in [-0.15, -0.1) is 0 Å². The summed E-state index contributed by atoms with van der Waals surface area (Å²) in [5.74, 6) is 0. The summed E-state index contributed by atoms with van der Waals surface area (Å²) in [7, 11) is 0. The third-order valence-electron chi connectivity index (χ3n) is 2.03. The summed E-state index contributed by atoms with van der Waals surface area (Å²) in [6.07, 6.45) is 0.309. The van der Waals surface area contributed by atoms with Crippen LogP contribution in [0.2, 0.25) is 0 Å². The van der Waals surface area contributed by atoms with Crippen molar-refractivity contribution >= 4 is 21.6 Å². The summed E-state index contributed by atoms with van der Waals surface area (Å²) in [4.78, 5) is 0. The van der Waals surface area contributed by atoms with E-state index in [0.29, 0.717) is 24.1 Å². The molecule has 1 aromatic carbocycles. The second-order valence-electron chi connectivity index (χ2n) is 3.14. The van der Waals surface area contributed by atoms with Gasteiger partial charge in [-0.2, -0.15) is 0 Å². The molecule has 1 atom stereocenters. The van der Waals surface area contributed by atoms with Crippen molar-refractivity contribution in [2.75, 3.05) is 12.3 Å². The minimum atomic E-state index is -0.628. The lowest BCUT2D eigenvalue weighted by Gasteiger charge is -2.12. The van der Waals surface area contributed by atoms with Crippen LogP contribution in [-0.2, 0) is 5.11 Å². The predicted molar refractivity (Wildman–Crippen MR) is 58.3 cm³/mol. The topological polar surface area (TPSA) is 66.2 Å². The largest absolute Gasteiger partial charge is 0.398 e. The number of aliphatic hydroxyl groups is 1.